The van der Waals surface area contributed by atoms with Crippen molar-refractivity contribution in [2.24, 2.45) is 0 Å². The van der Waals surface area contributed by atoms with Crippen LogP contribution >= 0.6 is 0 Å². The fourth-order valence-electron chi connectivity index (χ4n) is 4.86. The topological polar surface area (TPSA) is 38.8 Å². The molecule has 2 aliphatic rings. The van der Waals surface area contributed by atoms with Gasteiger partial charge in [0.1, 0.15) is 17.5 Å². The van der Waals surface area contributed by atoms with E-state index < -0.39 is 5.60 Å². The Morgan fingerprint density at radius 2 is 2.04 bits per heavy atom. The SMILES string of the molecule is CCCCCCCC1OC2(c3cccc(OC)c3)CCCCC2N(C)C1=O. The Morgan fingerprint density at radius 3 is 2.81 bits per heavy atom. The molecule has 1 saturated heterocycles. The van der Waals surface area contributed by atoms with Crippen molar-refractivity contribution in [3.63, 3.8) is 0 Å². The van der Waals surface area contributed by atoms with Crippen LogP contribution in [0, 0.1) is 0 Å². The molecule has 3 atom stereocenters. The highest BCUT2D eigenvalue weighted by Crippen LogP contribution is 2.47. The smallest absolute Gasteiger partial charge is 0.251 e. The lowest BCUT2D eigenvalue weighted by atomic mass is 9.73. The van der Waals surface area contributed by atoms with Gasteiger partial charge in [0, 0.05) is 7.05 Å². The number of likely N-dealkylation sites (N-methyl/N-ethyl adjacent to an activating group) is 1. The zero-order valence-electron chi connectivity index (χ0n) is 17.2. The van der Waals surface area contributed by atoms with Crippen molar-refractivity contribution in [3.8, 4) is 5.75 Å². The Kier molecular flexibility index (Phi) is 6.80. The maximum absolute atomic E-state index is 13.0. The van der Waals surface area contributed by atoms with Gasteiger partial charge in [0.2, 0.25) is 0 Å². The second kappa shape index (κ2) is 9.09. The molecule has 0 N–H and O–H groups in total. The van der Waals surface area contributed by atoms with Gasteiger partial charge in [-0.2, -0.15) is 0 Å². The average molecular weight is 374 g/mol. The fraction of sp³-hybridized carbons (Fsp3) is 0.696. The summed E-state index contributed by atoms with van der Waals surface area (Å²) >= 11 is 0. The lowest BCUT2D eigenvalue weighted by Gasteiger charge is -2.53. The standard InChI is InChI=1S/C23H35NO3/c1-4-5-6-7-8-14-20-22(25)24(2)21-15-9-10-16-23(21,27-20)18-12-11-13-19(17-18)26-3/h11-13,17,20-21H,4-10,14-16H2,1-3H3. The number of nitrogens with zero attached hydrogens (tertiary/aromatic N) is 1. The Hall–Kier alpha value is -1.55. The number of amides is 1. The van der Waals surface area contributed by atoms with Crippen molar-refractivity contribution in [3.05, 3.63) is 29.8 Å². The number of methoxy groups -OCH3 is 1. The van der Waals surface area contributed by atoms with E-state index in [-0.39, 0.29) is 18.1 Å². The molecule has 1 aromatic rings. The Labute approximate surface area is 164 Å². The molecule has 1 heterocycles. The maximum Gasteiger partial charge on any atom is 0.251 e. The van der Waals surface area contributed by atoms with Gasteiger partial charge in [-0.15, -0.1) is 0 Å². The summed E-state index contributed by atoms with van der Waals surface area (Å²) in [4.78, 5) is 15.0. The molecule has 27 heavy (non-hydrogen) atoms. The van der Waals surface area contributed by atoms with Gasteiger partial charge in [-0.25, -0.2) is 0 Å². The molecule has 0 radical (unpaired) electrons. The average Bonchev–Trinajstić information content (AvgIpc) is 2.71. The summed E-state index contributed by atoms with van der Waals surface area (Å²) in [7, 11) is 3.67. The Bertz CT molecular complexity index is 632. The first-order chi connectivity index (χ1) is 13.1. The van der Waals surface area contributed by atoms with Crippen molar-refractivity contribution in [2.75, 3.05) is 14.2 Å². The van der Waals surface area contributed by atoms with Crippen molar-refractivity contribution in [2.45, 2.75) is 88.9 Å². The normalized spacial score (nSPS) is 28.1. The number of rotatable bonds is 8. The number of unbranched alkanes of at least 4 members (excludes halogenated alkanes) is 4. The summed E-state index contributed by atoms with van der Waals surface area (Å²) in [6, 6.07) is 8.36. The summed E-state index contributed by atoms with van der Waals surface area (Å²) in [5.74, 6) is 1.02. The molecule has 2 fully saturated rings. The Balaban J connectivity index is 1.83. The summed E-state index contributed by atoms with van der Waals surface area (Å²) in [6.07, 6.45) is 10.8. The number of hydrogen-bond acceptors (Lipinski definition) is 3. The number of carbonyl (C=O) groups excluding carboxylic acids is 1. The number of hydrogen-bond donors (Lipinski definition) is 0. The molecule has 4 heteroatoms. The third-order valence-corrected chi connectivity index (χ3v) is 6.39. The molecule has 0 bridgehead atoms. The zero-order chi connectivity index (χ0) is 19.3. The summed E-state index contributed by atoms with van der Waals surface area (Å²) < 4.78 is 12.2. The molecule has 3 unspecified atom stereocenters. The molecule has 1 amide bonds. The Morgan fingerprint density at radius 1 is 1.22 bits per heavy atom. The first-order valence-electron chi connectivity index (χ1n) is 10.7. The van der Waals surface area contributed by atoms with Crippen molar-refractivity contribution < 1.29 is 14.3 Å². The fourth-order valence-corrected chi connectivity index (χ4v) is 4.86. The lowest BCUT2D eigenvalue weighted by molar-refractivity contribution is -0.211. The number of carbonyl (C=O) groups is 1. The van der Waals surface area contributed by atoms with Gasteiger partial charge in [-0.05, 0) is 37.0 Å². The van der Waals surface area contributed by atoms with Gasteiger partial charge >= 0.3 is 0 Å². The second-order valence-corrected chi connectivity index (χ2v) is 8.14. The molecule has 0 spiro atoms. The predicted octanol–water partition coefficient (Wildman–Crippen LogP) is 5.05. The lowest BCUT2D eigenvalue weighted by Crippen LogP contribution is -2.63. The van der Waals surface area contributed by atoms with Crippen LogP contribution in [0.5, 0.6) is 5.75 Å². The van der Waals surface area contributed by atoms with Gasteiger partial charge in [0.25, 0.3) is 5.91 Å². The van der Waals surface area contributed by atoms with Crippen LogP contribution < -0.4 is 4.74 Å². The number of morpholine rings is 1. The van der Waals surface area contributed by atoms with Crippen molar-refractivity contribution in [1.29, 1.82) is 0 Å². The van der Waals surface area contributed by atoms with Crippen LogP contribution in [-0.2, 0) is 15.1 Å². The molecule has 1 aromatic carbocycles. The van der Waals surface area contributed by atoms with E-state index in [4.69, 9.17) is 9.47 Å². The molecular formula is C23H35NO3. The molecule has 150 valence electrons. The van der Waals surface area contributed by atoms with Crippen LogP contribution in [0.1, 0.15) is 76.7 Å². The molecule has 4 nitrogen and oxygen atoms in total. The predicted molar refractivity (Wildman–Crippen MR) is 108 cm³/mol. The summed E-state index contributed by atoms with van der Waals surface area (Å²) in [5, 5.41) is 0. The van der Waals surface area contributed by atoms with Crippen LogP contribution in [0.2, 0.25) is 0 Å². The first-order valence-corrected chi connectivity index (χ1v) is 10.7. The van der Waals surface area contributed by atoms with E-state index in [1.54, 1.807) is 7.11 Å². The molecule has 1 saturated carbocycles. The summed E-state index contributed by atoms with van der Waals surface area (Å²) in [6.45, 7) is 2.23. The minimum Gasteiger partial charge on any atom is -0.497 e. The third-order valence-electron chi connectivity index (χ3n) is 6.39. The highest BCUT2D eigenvalue weighted by Gasteiger charge is 2.53. The molecule has 0 aromatic heterocycles. The van der Waals surface area contributed by atoms with Gasteiger partial charge in [0.15, 0.2) is 0 Å². The van der Waals surface area contributed by atoms with E-state index in [1.165, 1.54) is 25.7 Å². The van der Waals surface area contributed by atoms with E-state index in [2.05, 4.69) is 19.1 Å². The minimum absolute atomic E-state index is 0.113. The first kappa shape index (κ1) is 20.2. The number of fused-ring (bicyclic) bond motifs is 1. The van der Waals surface area contributed by atoms with Crippen LogP contribution in [0.25, 0.3) is 0 Å². The van der Waals surface area contributed by atoms with Crippen LogP contribution in [0.15, 0.2) is 24.3 Å². The van der Waals surface area contributed by atoms with E-state index in [0.717, 1.165) is 49.8 Å². The van der Waals surface area contributed by atoms with E-state index >= 15 is 0 Å². The van der Waals surface area contributed by atoms with Gasteiger partial charge < -0.3 is 14.4 Å². The van der Waals surface area contributed by atoms with E-state index in [1.807, 2.05) is 24.1 Å². The van der Waals surface area contributed by atoms with E-state index in [9.17, 15) is 4.79 Å². The van der Waals surface area contributed by atoms with E-state index in [0.29, 0.717) is 0 Å². The van der Waals surface area contributed by atoms with Crippen LogP contribution in [0.3, 0.4) is 0 Å². The van der Waals surface area contributed by atoms with Crippen molar-refractivity contribution in [1.82, 2.24) is 4.90 Å². The molecule has 1 aliphatic carbocycles. The number of ether oxygens (including phenoxy) is 2. The highest BCUT2D eigenvalue weighted by atomic mass is 16.5. The largest absolute Gasteiger partial charge is 0.497 e. The second-order valence-electron chi connectivity index (χ2n) is 8.14. The molecular weight excluding hydrogens is 338 g/mol. The molecule has 3 rings (SSSR count). The van der Waals surface area contributed by atoms with Gasteiger partial charge in [-0.3, -0.25) is 4.79 Å². The number of benzene rings is 1. The molecule has 1 aliphatic heterocycles. The van der Waals surface area contributed by atoms with Crippen LogP contribution in [-0.4, -0.2) is 37.1 Å². The highest BCUT2D eigenvalue weighted by molar-refractivity contribution is 5.82. The zero-order valence-corrected chi connectivity index (χ0v) is 17.2. The van der Waals surface area contributed by atoms with Crippen LogP contribution in [0.4, 0.5) is 0 Å². The summed E-state index contributed by atoms with van der Waals surface area (Å²) in [5.41, 5.74) is 0.755. The third kappa shape index (κ3) is 4.16. The minimum atomic E-state index is -0.399. The quantitative estimate of drug-likeness (QED) is 0.599. The monoisotopic (exact) mass is 373 g/mol. The van der Waals surface area contributed by atoms with Gasteiger partial charge in [0.05, 0.1) is 13.2 Å². The maximum atomic E-state index is 13.0. The van der Waals surface area contributed by atoms with Gasteiger partial charge in [-0.1, -0.05) is 64.0 Å². The van der Waals surface area contributed by atoms with Crippen molar-refractivity contribution >= 4 is 5.91 Å².